The van der Waals surface area contributed by atoms with Gasteiger partial charge in [-0.3, -0.25) is 0 Å². The van der Waals surface area contributed by atoms with Gasteiger partial charge in [-0.1, -0.05) is 23.7 Å². The van der Waals surface area contributed by atoms with E-state index < -0.39 is 0 Å². The Labute approximate surface area is 111 Å². The van der Waals surface area contributed by atoms with Gasteiger partial charge in [-0.15, -0.1) is 0 Å². The van der Waals surface area contributed by atoms with Gasteiger partial charge in [0.25, 0.3) is 0 Å². The second kappa shape index (κ2) is 5.42. The van der Waals surface area contributed by atoms with E-state index in [-0.39, 0.29) is 5.82 Å². The Balaban J connectivity index is 2.10. The number of nitrogens with zero attached hydrogens (tertiary/aromatic N) is 2. The molecular weight excluding hydrogens is 308 g/mol. The normalized spacial score (nSPS) is 10.3. The lowest BCUT2D eigenvalue weighted by Crippen LogP contribution is -2.03. The first-order valence-electron chi connectivity index (χ1n) is 4.81. The summed E-state index contributed by atoms with van der Waals surface area (Å²) in [6.07, 6.45) is 1.36. The molecule has 0 saturated carbocycles. The van der Waals surface area contributed by atoms with Gasteiger partial charge in [0.1, 0.15) is 23.1 Å². The maximum atomic E-state index is 13.0. The first-order chi connectivity index (χ1) is 8.16. The van der Waals surface area contributed by atoms with Crippen molar-refractivity contribution in [2.24, 2.45) is 0 Å². The van der Waals surface area contributed by atoms with E-state index in [0.29, 0.717) is 22.0 Å². The summed E-state index contributed by atoms with van der Waals surface area (Å²) in [5.74, 6) is 0.318. The highest BCUT2D eigenvalue weighted by Crippen LogP contribution is 2.26. The van der Waals surface area contributed by atoms with Crippen molar-refractivity contribution in [2.45, 2.75) is 6.54 Å². The van der Waals surface area contributed by atoms with E-state index >= 15 is 0 Å². The van der Waals surface area contributed by atoms with Crippen LogP contribution in [0.1, 0.15) is 5.56 Å². The number of benzene rings is 1. The molecule has 0 unspecified atom stereocenters. The summed E-state index contributed by atoms with van der Waals surface area (Å²) in [5.41, 5.74) is 0.826. The van der Waals surface area contributed by atoms with E-state index in [1.807, 2.05) is 6.07 Å². The Hall–Kier alpha value is -1.20. The molecule has 0 radical (unpaired) electrons. The highest BCUT2D eigenvalue weighted by Gasteiger charge is 2.06. The van der Waals surface area contributed by atoms with Crippen LogP contribution in [0.15, 0.2) is 35.1 Å². The number of hydrogen-bond donors (Lipinski definition) is 1. The van der Waals surface area contributed by atoms with E-state index in [4.69, 9.17) is 11.6 Å². The minimum Gasteiger partial charge on any atom is -0.365 e. The van der Waals surface area contributed by atoms with Crippen molar-refractivity contribution in [2.75, 3.05) is 5.32 Å². The van der Waals surface area contributed by atoms with Gasteiger partial charge in [-0.05, 0) is 33.6 Å². The van der Waals surface area contributed by atoms with Gasteiger partial charge in [-0.2, -0.15) is 0 Å². The Morgan fingerprint density at radius 2 is 2.18 bits per heavy atom. The van der Waals surface area contributed by atoms with Crippen LogP contribution in [0.3, 0.4) is 0 Å². The van der Waals surface area contributed by atoms with Crippen LogP contribution < -0.4 is 5.32 Å². The number of hydrogen-bond acceptors (Lipinski definition) is 3. The highest BCUT2D eigenvalue weighted by atomic mass is 79.9. The molecule has 0 atom stereocenters. The van der Waals surface area contributed by atoms with Crippen molar-refractivity contribution in [3.8, 4) is 0 Å². The van der Waals surface area contributed by atoms with E-state index in [2.05, 4.69) is 31.2 Å². The van der Waals surface area contributed by atoms with Crippen molar-refractivity contribution < 1.29 is 4.39 Å². The summed E-state index contributed by atoms with van der Waals surface area (Å²) in [6, 6.07) is 6.35. The zero-order chi connectivity index (χ0) is 12.3. The molecule has 1 aromatic carbocycles. The topological polar surface area (TPSA) is 37.8 Å². The standard InChI is InChI=1S/C11H8BrClFN3/c12-9-10(13)16-6-17-11(9)15-5-7-2-1-3-8(14)4-7/h1-4,6H,5H2,(H,15,16,17). The lowest BCUT2D eigenvalue weighted by atomic mass is 10.2. The summed E-state index contributed by atoms with van der Waals surface area (Å²) >= 11 is 9.10. The summed E-state index contributed by atoms with van der Waals surface area (Å²) in [5, 5.41) is 3.38. The van der Waals surface area contributed by atoms with Crippen LogP contribution in [0.25, 0.3) is 0 Å². The molecule has 17 heavy (non-hydrogen) atoms. The third-order valence-electron chi connectivity index (χ3n) is 2.10. The molecule has 0 aliphatic heterocycles. The fourth-order valence-electron chi connectivity index (χ4n) is 1.30. The van der Waals surface area contributed by atoms with Crippen LogP contribution in [-0.2, 0) is 6.54 Å². The molecule has 88 valence electrons. The van der Waals surface area contributed by atoms with Gasteiger partial charge >= 0.3 is 0 Å². The van der Waals surface area contributed by atoms with Crippen LogP contribution in [0.4, 0.5) is 10.2 Å². The largest absolute Gasteiger partial charge is 0.365 e. The van der Waals surface area contributed by atoms with Gasteiger partial charge in [0.15, 0.2) is 0 Å². The molecule has 2 rings (SSSR count). The van der Waals surface area contributed by atoms with E-state index in [0.717, 1.165) is 5.56 Å². The zero-order valence-corrected chi connectivity index (χ0v) is 11.0. The lowest BCUT2D eigenvalue weighted by Gasteiger charge is -2.07. The molecule has 0 saturated heterocycles. The molecule has 0 aliphatic rings. The van der Waals surface area contributed by atoms with Crippen molar-refractivity contribution in [3.05, 3.63) is 51.6 Å². The summed E-state index contributed by atoms with van der Waals surface area (Å²) < 4.78 is 13.5. The number of aromatic nitrogens is 2. The monoisotopic (exact) mass is 315 g/mol. The Kier molecular flexibility index (Phi) is 3.91. The average molecular weight is 317 g/mol. The van der Waals surface area contributed by atoms with Gasteiger partial charge < -0.3 is 5.32 Å². The molecule has 2 aromatic rings. The van der Waals surface area contributed by atoms with Gasteiger partial charge in [0, 0.05) is 6.54 Å². The van der Waals surface area contributed by atoms with E-state index in [9.17, 15) is 4.39 Å². The second-order valence-corrected chi connectivity index (χ2v) is 4.46. The molecule has 1 N–H and O–H groups in total. The Morgan fingerprint density at radius 1 is 1.35 bits per heavy atom. The van der Waals surface area contributed by atoms with Crippen molar-refractivity contribution in [3.63, 3.8) is 0 Å². The van der Waals surface area contributed by atoms with Crippen LogP contribution in [0, 0.1) is 5.82 Å². The third kappa shape index (κ3) is 3.14. The van der Waals surface area contributed by atoms with Crippen LogP contribution in [0.2, 0.25) is 5.15 Å². The molecule has 0 spiro atoms. The number of nitrogens with one attached hydrogen (secondary N) is 1. The molecule has 0 fully saturated rings. The highest BCUT2D eigenvalue weighted by molar-refractivity contribution is 9.10. The first kappa shape index (κ1) is 12.3. The quantitative estimate of drug-likeness (QED) is 0.879. The van der Waals surface area contributed by atoms with E-state index in [1.165, 1.54) is 18.5 Å². The lowest BCUT2D eigenvalue weighted by molar-refractivity contribution is 0.626. The summed E-state index contributed by atoms with van der Waals surface area (Å²) in [4.78, 5) is 7.85. The van der Waals surface area contributed by atoms with Gasteiger partial charge in [-0.25, -0.2) is 14.4 Å². The average Bonchev–Trinajstić information content (AvgIpc) is 2.31. The molecule has 3 nitrogen and oxygen atoms in total. The predicted octanol–water partition coefficient (Wildman–Crippen LogP) is 3.64. The smallest absolute Gasteiger partial charge is 0.148 e. The van der Waals surface area contributed by atoms with Crippen LogP contribution >= 0.6 is 27.5 Å². The van der Waals surface area contributed by atoms with Gasteiger partial charge in [0.2, 0.25) is 0 Å². The maximum absolute atomic E-state index is 13.0. The van der Waals surface area contributed by atoms with Gasteiger partial charge in [0.05, 0.1) is 4.47 Å². The summed E-state index contributed by atoms with van der Waals surface area (Å²) in [6.45, 7) is 0.462. The molecule has 0 aliphatic carbocycles. The Bertz CT molecular complexity index is 536. The van der Waals surface area contributed by atoms with Crippen LogP contribution in [0.5, 0.6) is 0 Å². The zero-order valence-electron chi connectivity index (χ0n) is 8.62. The van der Waals surface area contributed by atoms with Crippen molar-refractivity contribution in [1.82, 2.24) is 9.97 Å². The minimum absolute atomic E-state index is 0.260. The molecule has 1 heterocycles. The first-order valence-corrected chi connectivity index (χ1v) is 5.98. The molecule has 0 amide bonds. The van der Waals surface area contributed by atoms with Crippen molar-refractivity contribution in [1.29, 1.82) is 0 Å². The third-order valence-corrected chi connectivity index (χ3v) is 3.36. The SMILES string of the molecule is Fc1cccc(CNc2ncnc(Cl)c2Br)c1. The van der Waals surface area contributed by atoms with E-state index in [1.54, 1.807) is 6.07 Å². The molecule has 6 heteroatoms. The minimum atomic E-state index is -0.260. The predicted molar refractivity (Wildman–Crippen MR) is 68.5 cm³/mol. The molecule has 1 aromatic heterocycles. The Morgan fingerprint density at radius 3 is 2.94 bits per heavy atom. The van der Waals surface area contributed by atoms with Crippen LogP contribution in [-0.4, -0.2) is 9.97 Å². The summed E-state index contributed by atoms with van der Waals surface area (Å²) in [7, 11) is 0. The molecule has 0 bridgehead atoms. The number of rotatable bonds is 3. The number of halogens is 3. The van der Waals surface area contributed by atoms with Crippen molar-refractivity contribution >= 4 is 33.3 Å². The fourth-order valence-corrected chi connectivity index (χ4v) is 1.78. The number of anilines is 1. The fraction of sp³-hybridized carbons (Fsp3) is 0.0909. The second-order valence-electron chi connectivity index (χ2n) is 3.31. The maximum Gasteiger partial charge on any atom is 0.148 e. The molecular formula is C11H8BrClFN3.